The van der Waals surface area contributed by atoms with Gasteiger partial charge in [-0.15, -0.1) is 0 Å². The summed E-state index contributed by atoms with van der Waals surface area (Å²) >= 11 is 0. The fourth-order valence-corrected chi connectivity index (χ4v) is 3.61. The number of nitrogens with two attached hydrogens (primary N) is 1. The van der Waals surface area contributed by atoms with Crippen molar-refractivity contribution in [2.75, 3.05) is 0 Å². The van der Waals surface area contributed by atoms with Gasteiger partial charge in [0.2, 0.25) is 10.0 Å². The predicted octanol–water partition coefficient (Wildman–Crippen LogP) is 2.81. The molecule has 3 N–H and O–H groups in total. The summed E-state index contributed by atoms with van der Waals surface area (Å²) in [5.74, 6) is -0.220. The first kappa shape index (κ1) is 16.1. The lowest BCUT2D eigenvalue weighted by atomic mass is 10.0. The van der Waals surface area contributed by atoms with E-state index in [2.05, 4.69) is 5.32 Å². The van der Waals surface area contributed by atoms with E-state index >= 15 is 0 Å². The number of halogens is 1. The van der Waals surface area contributed by atoms with E-state index in [4.69, 9.17) is 5.14 Å². The summed E-state index contributed by atoms with van der Waals surface area (Å²) in [5, 5.41) is 8.59. The van der Waals surface area contributed by atoms with E-state index in [9.17, 15) is 12.8 Å². The molecule has 0 fully saturated rings. The molecule has 2 aromatic rings. The molecule has 3 rings (SSSR count). The highest BCUT2D eigenvalue weighted by Crippen LogP contribution is 2.33. The van der Waals surface area contributed by atoms with E-state index in [1.807, 2.05) is 13.0 Å². The lowest BCUT2D eigenvalue weighted by molar-refractivity contribution is 0.463. The van der Waals surface area contributed by atoms with Crippen molar-refractivity contribution in [3.05, 3.63) is 65.0 Å². The molecular formula is C17H19FN2O2S. The Hall–Kier alpha value is -1.76. The topological polar surface area (TPSA) is 72.2 Å². The van der Waals surface area contributed by atoms with Crippen molar-refractivity contribution in [2.45, 2.75) is 36.7 Å². The van der Waals surface area contributed by atoms with Crippen molar-refractivity contribution >= 4 is 10.0 Å². The van der Waals surface area contributed by atoms with Gasteiger partial charge in [-0.25, -0.2) is 17.9 Å². The molecule has 23 heavy (non-hydrogen) atoms. The SMILES string of the molecule is C[C@@H](N[C@@H]1CCc2ccc(F)cc21)c1ccc(S(N)(=O)=O)cc1. The molecule has 1 aliphatic carbocycles. The van der Waals surface area contributed by atoms with Gasteiger partial charge in [-0.1, -0.05) is 18.2 Å². The number of fused-ring (bicyclic) bond motifs is 1. The Morgan fingerprint density at radius 2 is 1.91 bits per heavy atom. The molecule has 1 aliphatic rings. The Kier molecular flexibility index (Phi) is 4.23. The average Bonchev–Trinajstić information content (AvgIpc) is 2.89. The third-order valence-electron chi connectivity index (χ3n) is 4.35. The van der Waals surface area contributed by atoms with Crippen molar-refractivity contribution in [3.63, 3.8) is 0 Å². The summed E-state index contributed by atoms with van der Waals surface area (Å²) in [7, 11) is -3.67. The predicted molar refractivity (Wildman–Crippen MR) is 86.8 cm³/mol. The summed E-state index contributed by atoms with van der Waals surface area (Å²) in [6, 6.07) is 11.6. The molecule has 0 unspecified atom stereocenters. The van der Waals surface area contributed by atoms with Crippen LogP contribution in [0.15, 0.2) is 47.4 Å². The molecule has 0 aromatic heterocycles. The van der Waals surface area contributed by atoms with E-state index < -0.39 is 10.0 Å². The first-order valence-corrected chi connectivity index (χ1v) is 9.06. The van der Waals surface area contributed by atoms with Gasteiger partial charge in [-0.2, -0.15) is 0 Å². The van der Waals surface area contributed by atoms with Gasteiger partial charge >= 0.3 is 0 Å². The summed E-state index contributed by atoms with van der Waals surface area (Å²) in [4.78, 5) is 0.0988. The van der Waals surface area contributed by atoms with Gasteiger partial charge in [0.25, 0.3) is 0 Å². The largest absolute Gasteiger partial charge is 0.303 e. The zero-order valence-corrected chi connectivity index (χ0v) is 13.6. The van der Waals surface area contributed by atoms with Crippen LogP contribution in [0.3, 0.4) is 0 Å². The van der Waals surface area contributed by atoms with Crippen LogP contribution in [0.2, 0.25) is 0 Å². The van der Waals surface area contributed by atoms with E-state index in [0.717, 1.165) is 24.0 Å². The minimum absolute atomic E-state index is 0.0174. The van der Waals surface area contributed by atoms with Crippen LogP contribution in [0.4, 0.5) is 4.39 Å². The van der Waals surface area contributed by atoms with Crippen molar-refractivity contribution in [1.29, 1.82) is 0 Å². The first-order chi connectivity index (χ1) is 10.8. The number of hydrogen-bond donors (Lipinski definition) is 2. The first-order valence-electron chi connectivity index (χ1n) is 7.52. The van der Waals surface area contributed by atoms with E-state index in [0.29, 0.717) is 0 Å². The average molecular weight is 334 g/mol. The lowest BCUT2D eigenvalue weighted by Crippen LogP contribution is -2.23. The zero-order chi connectivity index (χ0) is 16.6. The highest BCUT2D eigenvalue weighted by molar-refractivity contribution is 7.89. The Bertz CT molecular complexity index is 819. The van der Waals surface area contributed by atoms with E-state index in [1.165, 1.54) is 23.8 Å². The van der Waals surface area contributed by atoms with Gasteiger partial charge in [0.05, 0.1) is 4.90 Å². The second-order valence-electron chi connectivity index (χ2n) is 5.94. The molecule has 0 amide bonds. The fraction of sp³-hybridized carbons (Fsp3) is 0.294. The van der Waals surface area contributed by atoms with Crippen LogP contribution in [0.1, 0.15) is 42.1 Å². The maximum Gasteiger partial charge on any atom is 0.238 e. The number of benzene rings is 2. The Morgan fingerprint density at radius 3 is 2.57 bits per heavy atom. The Labute approximate surface area is 135 Å². The second-order valence-corrected chi connectivity index (χ2v) is 7.50. The van der Waals surface area contributed by atoms with Crippen molar-refractivity contribution in [2.24, 2.45) is 5.14 Å². The highest BCUT2D eigenvalue weighted by Gasteiger charge is 2.24. The molecule has 122 valence electrons. The highest BCUT2D eigenvalue weighted by atomic mass is 32.2. The number of primary sulfonamides is 1. The number of nitrogens with one attached hydrogen (secondary N) is 1. The number of sulfonamides is 1. The fourth-order valence-electron chi connectivity index (χ4n) is 3.09. The van der Waals surface area contributed by atoms with Gasteiger partial charge in [-0.05, 0) is 60.7 Å². The maximum atomic E-state index is 13.5. The van der Waals surface area contributed by atoms with Gasteiger partial charge in [0, 0.05) is 12.1 Å². The van der Waals surface area contributed by atoms with Crippen molar-refractivity contribution < 1.29 is 12.8 Å². The molecule has 6 heteroatoms. The van der Waals surface area contributed by atoms with Crippen molar-refractivity contribution in [1.82, 2.24) is 5.32 Å². The zero-order valence-electron chi connectivity index (χ0n) is 12.8. The van der Waals surface area contributed by atoms with E-state index in [1.54, 1.807) is 18.2 Å². The van der Waals surface area contributed by atoms with Crippen LogP contribution < -0.4 is 10.5 Å². The van der Waals surface area contributed by atoms with Crippen LogP contribution in [0, 0.1) is 5.82 Å². The van der Waals surface area contributed by atoms with Crippen LogP contribution in [-0.4, -0.2) is 8.42 Å². The number of hydrogen-bond acceptors (Lipinski definition) is 3. The molecule has 0 aliphatic heterocycles. The molecule has 0 saturated carbocycles. The van der Waals surface area contributed by atoms with Crippen LogP contribution in [0.25, 0.3) is 0 Å². The number of rotatable bonds is 4. The lowest BCUT2D eigenvalue weighted by Gasteiger charge is -2.21. The molecule has 0 radical (unpaired) electrons. The molecule has 2 aromatic carbocycles. The summed E-state index contributed by atoms with van der Waals surface area (Å²) in [5.41, 5.74) is 3.15. The van der Waals surface area contributed by atoms with Crippen LogP contribution in [-0.2, 0) is 16.4 Å². The summed E-state index contributed by atoms with van der Waals surface area (Å²) in [6.07, 6.45) is 1.86. The summed E-state index contributed by atoms with van der Waals surface area (Å²) < 4.78 is 36.0. The van der Waals surface area contributed by atoms with Gasteiger partial charge in [-0.3, -0.25) is 0 Å². The molecule has 4 nitrogen and oxygen atoms in total. The molecule has 2 atom stereocenters. The molecular weight excluding hydrogens is 315 g/mol. The normalized spacial score (nSPS) is 18.7. The minimum Gasteiger partial charge on any atom is -0.303 e. The van der Waals surface area contributed by atoms with Gasteiger partial charge in [0.1, 0.15) is 5.82 Å². The monoisotopic (exact) mass is 334 g/mol. The quantitative estimate of drug-likeness (QED) is 0.903. The maximum absolute atomic E-state index is 13.5. The summed E-state index contributed by atoms with van der Waals surface area (Å²) in [6.45, 7) is 2.00. The Morgan fingerprint density at radius 1 is 1.22 bits per heavy atom. The second kappa shape index (κ2) is 6.03. The third-order valence-corrected chi connectivity index (χ3v) is 5.27. The van der Waals surface area contributed by atoms with Crippen molar-refractivity contribution in [3.8, 4) is 0 Å². The molecule has 0 saturated heterocycles. The van der Waals surface area contributed by atoms with Crippen LogP contribution in [0.5, 0.6) is 0 Å². The third kappa shape index (κ3) is 3.44. The van der Waals surface area contributed by atoms with Gasteiger partial charge in [0.15, 0.2) is 0 Å². The number of aryl methyl sites for hydroxylation is 1. The van der Waals surface area contributed by atoms with E-state index in [-0.39, 0.29) is 22.8 Å². The smallest absolute Gasteiger partial charge is 0.238 e. The molecule has 0 spiro atoms. The minimum atomic E-state index is -3.67. The molecule has 0 heterocycles. The standard InChI is InChI=1S/C17H19FN2O2S/c1-11(12-3-7-15(8-4-12)23(19,21)22)20-17-9-5-13-2-6-14(18)10-16(13)17/h2-4,6-8,10-11,17,20H,5,9H2,1H3,(H2,19,21,22)/t11-,17-/m1/s1. The van der Waals surface area contributed by atoms with Crippen LogP contribution >= 0.6 is 0 Å². The molecule has 0 bridgehead atoms. The van der Waals surface area contributed by atoms with Gasteiger partial charge < -0.3 is 5.32 Å². The Balaban J connectivity index is 1.76.